The number of rotatable bonds is 3. The maximum Gasteiger partial charge on any atom is 0.419 e. The third-order valence-electron chi connectivity index (χ3n) is 3.82. The minimum Gasteiger partial charge on any atom is -0.408 e. The fraction of sp³-hybridized carbons (Fsp3) is 0.0556. The molecule has 0 fully saturated rings. The number of anilines is 1. The first-order valence-corrected chi connectivity index (χ1v) is 8.30. The molecule has 0 saturated carbocycles. The molecule has 0 aliphatic carbocycles. The Morgan fingerprint density at radius 1 is 1.36 bits per heavy atom. The van der Waals surface area contributed by atoms with E-state index in [0.29, 0.717) is 21.7 Å². The van der Waals surface area contributed by atoms with Crippen LogP contribution < -0.4 is 11.1 Å². The van der Waals surface area contributed by atoms with E-state index in [4.69, 9.17) is 4.42 Å². The molecule has 2 heterocycles. The van der Waals surface area contributed by atoms with Crippen molar-refractivity contribution in [2.45, 2.75) is 0 Å². The Kier molecular flexibility index (Phi) is 3.60. The third kappa shape index (κ3) is 2.69. The summed E-state index contributed by atoms with van der Waals surface area (Å²) in [6.07, 6.45) is 1.61. The minimum atomic E-state index is -0.408. The Balaban J connectivity index is 1.67. The number of hydrogen-bond acceptors (Lipinski definition) is 6. The highest BCUT2D eigenvalue weighted by atomic mass is 32.1. The van der Waals surface area contributed by atoms with E-state index in [2.05, 4.69) is 16.4 Å². The molecule has 0 unspecified atom stereocenters. The van der Waals surface area contributed by atoms with Crippen LogP contribution in [0.5, 0.6) is 0 Å². The summed E-state index contributed by atoms with van der Waals surface area (Å²) >= 11 is 1.47. The van der Waals surface area contributed by atoms with E-state index in [1.807, 2.05) is 30.3 Å². The van der Waals surface area contributed by atoms with Crippen molar-refractivity contribution in [3.05, 3.63) is 64.2 Å². The number of aryl methyl sites for hydroxylation is 1. The molecule has 7 heteroatoms. The van der Waals surface area contributed by atoms with Crippen molar-refractivity contribution >= 4 is 43.9 Å². The first kappa shape index (κ1) is 15.2. The molecule has 0 atom stereocenters. The van der Waals surface area contributed by atoms with E-state index in [-0.39, 0.29) is 0 Å². The number of hydrogen-bond donors (Lipinski definition) is 1. The Bertz CT molecular complexity index is 1190. The van der Waals surface area contributed by atoms with Crippen LogP contribution in [0.25, 0.3) is 26.9 Å². The molecule has 2 aromatic carbocycles. The van der Waals surface area contributed by atoms with E-state index < -0.39 is 5.76 Å². The second-order valence-electron chi connectivity index (χ2n) is 5.41. The maximum absolute atomic E-state index is 11.5. The highest BCUT2D eigenvalue weighted by molar-refractivity contribution is 7.19. The lowest BCUT2D eigenvalue weighted by molar-refractivity contribution is 0.528. The largest absolute Gasteiger partial charge is 0.419 e. The van der Waals surface area contributed by atoms with Crippen LogP contribution in [0.3, 0.4) is 0 Å². The lowest BCUT2D eigenvalue weighted by Crippen LogP contribution is -2.08. The van der Waals surface area contributed by atoms with Gasteiger partial charge in [-0.05, 0) is 24.3 Å². The zero-order valence-corrected chi connectivity index (χ0v) is 14.0. The summed E-state index contributed by atoms with van der Waals surface area (Å²) in [7, 11) is 1.65. The van der Waals surface area contributed by atoms with Crippen LogP contribution >= 0.6 is 11.3 Å². The number of oxazole rings is 1. The number of aromatic nitrogens is 2. The van der Waals surface area contributed by atoms with Crippen molar-refractivity contribution in [2.75, 3.05) is 5.32 Å². The Morgan fingerprint density at radius 3 is 3.00 bits per heavy atom. The average Bonchev–Trinajstić information content (AvgIpc) is 3.17. The molecule has 0 amide bonds. The Morgan fingerprint density at radius 2 is 2.20 bits per heavy atom. The van der Waals surface area contributed by atoms with Gasteiger partial charge in [-0.2, -0.15) is 5.26 Å². The van der Waals surface area contributed by atoms with Gasteiger partial charge in [0.2, 0.25) is 0 Å². The molecule has 0 radical (unpaired) electrons. The van der Waals surface area contributed by atoms with E-state index in [1.165, 1.54) is 15.9 Å². The van der Waals surface area contributed by atoms with Crippen LogP contribution in [-0.4, -0.2) is 9.55 Å². The van der Waals surface area contributed by atoms with Crippen LogP contribution in [0.2, 0.25) is 0 Å². The predicted octanol–water partition coefficient (Wildman–Crippen LogP) is 3.72. The summed E-state index contributed by atoms with van der Waals surface area (Å²) in [4.78, 5) is 16.0. The van der Waals surface area contributed by atoms with Gasteiger partial charge in [0.25, 0.3) is 0 Å². The van der Waals surface area contributed by atoms with Gasteiger partial charge in [0.05, 0.1) is 15.7 Å². The van der Waals surface area contributed by atoms with Crippen molar-refractivity contribution in [3.8, 4) is 6.07 Å². The number of benzene rings is 2. The summed E-state index contributed by atoms with van der Waals surface area (Å²) in [5.74, 6) is -0.408. The molecular weight excluding hydrogens is 336 g/mol. The average molecular weight is 348 g/mol. The quantitative estimate of drug-likeness (QED) is 0.571. The topological polar surface area (TPSA) is 83.9 Å². The number of nitriles is 1. The molecular formula is C18H12N4O2S. The second-order valence-corrected chi connectivity index (χ2v) is 6.44. The van der Waals surface area contributed by atoms with Crippen molar-refractivity contribution in [3.63, 3.8) is 0 Å². The van der Waals surface area contributed by atoms with Gasteiger partial charge in [0, 0.05) is 25.0 Å². The Hall–Kier alpha value is -3.37. The lowest BCUT2D eigenvalue weighted by Gasteiger charge is -2.01. The van der Waals surface area contributed by atoms with Crippen LogP contribution in [0.4, 0.5) is 5.69 Å². The number of allylic oxidation sites excluding steroid dienone is 1. The molecule has 0 spiro atoms. The monoisotopic (exact) mass is 348 g/mol. The number of thiazole rings is 1. The molecule has 2 aromatic heterocycles. The highest BCUT2D eigenvalue weighted by Gasteiger charge is 2.09. The minimum absolute atomic E-state index is 0.408. The van der Waals surface area contributed by atoms with Crippen LogP contribution in [0.1, 0.15) is 5.01 Å². The van der Waals surface area contributed by atoms with Crippen molar-refractivity contribution in [2.24, 2.45) is 7.05 Å². The van der Waals surface area contributed by atoms with Crippen LogP contribution in [-0.2, 0) is 7.05 Å². The fourth-order valence-corrected chi connectivity index (χ4v) is 3.44. The summed E-state index contributed by atoms with van der Waals surface area (Å²) in [6, 6.07) is 15.3. The summed E-state index contributed by atoms with van der Waals surface area (Å²) in [5.41, 5.74) is 3.23. The van der Waals surface area contributed by atoms with Gasteiger partial charge in [0.1, 0.15) is 16.6 Å². The first-order chi connectivity index (χ1) is 12.2. The van der Waals surface area contributed by atoms with Gasteiger partial charge >= 0.3 is 5.76 Å². The van der Waals surface area contributed by atoms with Crippen LogP contribution in [0.15, 0.2) is 57.9 Å². The van der Waals surface area contributed by atoms with Crippen molar-refractivity contribution < 1.29 is 4.42 Å². The van der Waals surface area contributed by atoms with Gasteiger partial charge < -0.3 is 9.73 Å². The van der Waals surface area contributed by atoms with E-state index in [9.17, 15) is 10.1 Å². The molecule has 0 aliphatic heterocycles. The predicted molar refractivity (Wildman–Crippen MR) is 98.3 cm³/mol. The molecule has 1 N–H and O–H groups in total. The van der Waals surface area contributed by atoms with Crippen LogP contribution in [0, 0.1) is 11.3 Å². The molecule has 0 aliphatic rings. The number of fused-ring (bicyclic) bond motifs is 2. The standard InChI is InChI=1S/C18H12N4O2S/c1-22-14-7-6-12(8-15(14)24-18(22)23)20-10-11(9-19)17-21-13-4-2-3-5-16(13)25-17/h2-8,10,20H,1H3. The van der Waals surface area contributed by atoms with E-state index >= 15 is 0 Å². The molecule has 4 aromatic rings. The van der Waals surface area contributed by atoms with Crippen molar-refractivity contribution in [1.29, 1.82) is 5.26 Å². The molecule has 0 bridgehead atoms. The smallest absolute Gasteiger partial charge is 0.408 e. The normalized spacial score (nSPS) is 11.8. The second kappa shape index (κ2) is 5.92. The van der Waals surface area contributed by atoms with Gasteiger partial charge in [-0.1, -0.05) is 12.1 Å². The highest BCUT2D eigenvalue weighted by Crippen LogP contribution is 2.27. The fourth-order valence-electron chi connectivity index (χ4n) is 2.51. The molecule has 25 heavy (non-hydrogen) atoms. The van der Waals surface area contributed by atoms with Gasteiger partial charge in [0.15, 0.2) is 5.58 Å². The summed E-state index contributed by atoms with van der Waals surface area (Å²) < 4.78 is 7.64. The van der Waals surface area contributed by atoms with Crippen molar-refractivity contribution in [1.82, 2.24) is 9.55 Å². The summed E-state index contributed by atoms with van der Waals surface area (Å²) in [6.45, 7) is 0. The molecule has 6 nitrogen and oxygen atoms in total. The molecule has 4 rings (SSSR count). The van der Waals surface area contributed by atoms with E-state index in [0.717, 1.165) is 15.9 Å². The number of nitrogens with zero attached hydrogens (tertiary/aromatic N) is 3. The zero-order chi connectivity index (χ0) is 17.4. The Labute approximate surface area is 146 Å². The molecule has 0 saturated heterocycles. The molecule has 122 valence electrons. The number of nitrogens with one attached hydrogen (secondary N) is 1. The number of para-hydroxylation sites is 1. The zero-order valence-electron chi connectivity index (χ0n) is 13.2. The van der Waals surface area contributed by atoms with Gasteiger partial charge in [-0.25, -0.2) is 9.78 Å². The SMILES string of the molecule is Cn1c(=O)oc2cc(NC=C(C#N)c3nc4ccccc4s3)ccc21. The van der Waals surface area contributed by atoms with Gasteiger partial charge in [-0.15, -0.1) is 11.3 Å². The lowest BCUT2D eigenvalue weighted by atomic mass is 10.2. The van der Waals surface area contributed by atoms with E-state index in [1.54, 1.807) is 25.4 Å². The maximum atomic E-state index is 11.5. The third-order valence-corrected chi connectivity index (χ3v) is 4.89. The van der Waals surface area contributed by atoms with Gasteiger partial charge in [-0.3, -0.25) is 4.57 Å². The summed E-state index contributed by atoms with van der Waals surface area (Å²) in [5, 5.41) is 13.2. The first-order valence-electron chi connectivity index (χ1n) is 7.48.